The molecule has 152 valence electrons. The van der Waals surface area contributed by atoms with Crippen LogP contribution in [0.5, 0.6) is 0 Å². The molecule has 0 aliphatic heterocycles. The Labute approximate surface area is 173 Å². The van der Waals surface area contributed by atoms with Crippen LogP contribution in [0, 0.1) is 0 Å². The van der Waals surface area contributed by atoms with Crippen LogP contribution >= 0.6 is 11.8 Å². The van der Waals surface area contributed by atoms with E-state index in [1.54, 1.807) is 0 Å². The zero-order valence-corrected chi connectivity index (χ0v) is 19.0. The average Bonchev–Trinajstić information content (AvgIpc) is 3.02. The molecule has 0 fully saturated rings. The van der Waals surface area contributed by atoms with E-state index in [2.05, 4.69) is 34.8 Å². The molecule has 8 heteroatoms. The van der Waals surface area contributed by atoms with Crippen molar-refractivity contribution in [3.8, 4) is 0 Å². The van der Waals surface area contributed by atoms with E-state index in [0.717, 1.165) is 31.0 Å². The van der Waals surface area contributed by atoms with Gasteiger partial charge in [0.25, 0.3) is 0 Å². The molecule has 0 aliphatic rings. The maximum Gasteiger partial charge on any atom is 0.495 e. The normalized spacial score (nSPS) is 11.5. The first-order chi connectivity index (χ1) is 11.6. The summed E-state index contributed by atoms with van der Waals surface area (Å²) in [5, 5.41) is 0. The van der Waals surface area contributed by atoms with Gasteiger partial charge in [0, 0.05) is 39.3 Å². The van der Waals surface area contributed by atoms with Crippen LogP contribution < -0.4 is 4.57 Å². The van der Waals surface area contributed by atoms with Crippen LogP contribution in [0.15, 0.2) is 18.7 Å². The van der Waals surface area contributed by atoms with Gasteiger partial charge in [-0.3, -0.25) is 0 Å². The van der Waals surface area contributed by atoms with Gasteiger partial charge in [-0.15, -0.1) is 0 Å². The van der Waals surface area contributed by atoms with E-state index in [-0.39, 0.29) is 21.8 Å². The van der Waals surface area contributed by atoms with Crippen molar-refractivity contribution in [2.24, 2.45) is 0 Å². The van der Waals surface area contributed by atoms with E-state index < -0.39 is 8.80 Å². The SMILES string of the molecule is CCCCCCCC[n+]1ccn(CCSCCC[Si](O)(O)OC)c1.[H-].[Pd]. The number of aromatic nitrogens is 2. The Kier molecular flexibility index (Phi) is 15.6. The molecule has 0 radical (unpaired) electrons. The molecular formula is C17H36N2O3PdSSi. The third-order valence-electron chi connectivity index (χ3n) is 4.13. The van der Waals surface area contributed by atoms with E-state index >= 15 is 0 Å². The zero-order valence-electron chi connectivity index (χ0n) is 16.6. The Hall–Kier alpha value is 0.319. The maximum atomic E-state index is 9.45. The van der Waals surface area contributed by atoms with Gasteiger partial charge in [-0.25, -0.2) is 9.13 Å². The van der Waals surface area contributed by atoms with Crippen molar-refractivity contribution in [1.82, 2.24) is 4.57 Å². The van der Waals surface area contributed by atoms with Crippen LogP contribution in [-0.4, -0.2) is 41.6 Å². The quantitative estimate of drug-likeness (QED) is 0.229. The molecule has 0 amide bonds. The van der Waals surface area contributed by atoms with Gasteiger partial charge in [0.15, 0.2) is 0 Å². The van der Waals surface area contributed by atoms with E-state index in [9.17, 15) is 9.59 Å². The minimum Gasteiger partial charge on any atom is -1.00 e. The smallest absolute Gasteiger partial charge is 0.495 e. The monoisotopic (exact) mass is 482 g/mol. The third kappa shape index (κ3) is 13.2. The van der Waals surface area contributed by atoms with Crippen molar-refractivity contribution in [2.45, 2.75) is 71.0 Å². The molecule has 0 unspecified atom stereocenters. The van der Waals surface area contributed by atoms with Gasteiger partial charge >= 0.3 is 8.80 Å². The van der Waals surface area contributed by atoms with Crippen LogP contribution in [0.3, 0.4) is 0 Å². The molecule has 1 rings (SSSR count). The summed E-state index contributed by atoms with van der Waals surface area (Å²) in [7, 11) is -1.98. The Morgan fingerprint density at radius 1 is 1.12 bits per heavy atom. The first-order valence-corrected chi connectivity index (χ1v) is 12.4. The fraction of sp³-hybridized carbons (Fsp3) is 0.824. The maximum absolute atomic E-state index is 9.45. The van der Waals surface area contributed by atoms with Crippen LogP contribution in [0.4, 0.5) is 0 Å². The van der Waals surface area contributed by atoms with Crippen molar-refractivity contribution in [1.29, 1.82) is 0 Å². The number of unbranched alkanes of at least 4 members (excludes halogenated alkanes) is 5. The summed E-state index contributed by atoms with van der Waals surface area (Å²) in [6.45, 7) is 4.37. The summed E-state index contributed by atoms with van der Waals surface area (Å²) >= 11 is 1.85. The number of aryl methyl sites for hydroxylation is 2. The minimum atomic E-state index is -3.34. The number of hydrogen-bond acceptors (Lipinski definition) is 4. The van der Waals surface area contributed by atoms with E-state index in [0.29, 0.717) is 6.04 Å². The Morgan fingerprint density at radius 3 is 2.56 bits per heavy atom. The van der Waals surface area contributed by atoms with Crippen molar-refractivity contribution >= 4 is 20.6 Å². The van der Waals surface area contributed by atoms with Gasteiger partial charge in [0.1, 0.15) is 12.4 Å². The van der Waals surface area contributed by atoms with Gasteiger partial charge in [0.2, 0.25) is 6.33 Å². The molecule has 1 aromatic rings. The number of nitrogens with zero attached hydrogens (tertiary/aromatic N) is 2. The second kappa shape index (κ2) is 15.4. The summed E-state index contributed by atoms with van der Waals surface area (Å²) in [5.41, 5.74) is 0. The average molecular weight is 483 g/mol. The van der Waals surface area contributed by atoms with Crippen LogP contribution in [0.1, 0.15) is 53.3 Å². The molecule has 1 aromatic heterocycles. The summed E-state index contributed by atoms with van der Waals surface area (Å²) < 4.78 is 9.22. The molecule has 5 nitrogen and oxygen atoms in total. The van der Waals surface area contributed by atoms with Crippen molar-refractivity contribution < 1.29 is 40.4 Å². The van der Waals surface area contributed by atoms with Gasteiger partial charge in [-0.2, -0.15) is 11.8 Å². The molecular weight excluding hydrogens is 447 g/mol. The van der Waals surface area contributed by atoms with E-state index in [1.807, 2.05) is 11.8 Å². The molecule has 1 heterocycles. The first kappa shape index (κ1) is 25.3. The molecule has 0 atom stereocenters. The second-order valence-corrected chi connectivity index (χ2v) is 9.94. The number of imidazole rings is 1. The van der Waals surface area contributed by atoms with Crippen molar-refractivity contribution in [3.63, 3.8) is 0 Å². The van der Waals surface area contributed by atoms with Crippen LogP contribution in [-0.2, 0) is 37.9 Å². The standard InChI is InChI=1S/C17H35N2O3SSi.Pd.H/c1-3-4-5-6-7-8-10-18-11-12-19(17-18)13-15-23-14-9-16-24(20,21)22-2;;/h11-12,17,20-21H,3-10,13-16H2,1-2H3;;/q+1;;-1. The van der Waals surface area contributed by atoms with Crippen LogP contribution in [0.2, 0.25) is 6.04 Å². The fourth-order valence-electron chi connectivity index (χ4n) is 2.56. The molecule has 0 saturated heterocycles. The third-order valence-corrected chi connectivity index (χ3v) is 6.84. The van der Waals surface area contributed by atoms with Crippen molar-refractivity contribution in [2.75, 3.05) is 18.6 Å². The Balaban J connectivity index is 0. The van der Waals surface area contributed by atoms with E-state index in [4.69, 9.17) is 4.43 Å². The first-order valence-electron chi connectivity index (χ1n) is 9.20. The molecule has 0 aliphatic carbocycles. The second-order valence-electron chi connectivity index (χ2n) is 6.32. The molecule has 0 aromatic carbocycles. The predicted octanol–water partition coefficient (Wildman–Crippen LogP) is 2.94. The number of thioether (sulfide) groups is 1. The zero-order chi connectivity index (χ0) is 17.7. The van der Waals surface area contributed by atoms with Gasteiger partial charge < -0.3 is 15.4 Å². The minimum absolute atomic E-state index is 0. The molecule has 0 spiro atoms. The summed E-state index contributed by atoms with van der Waals surface area (Å²) in [4.78, 5) is 18.9. The summed E-state index contributed by atoms with van der Waals surface area (Å²) in [5.74, 6) is 1.99. The van der Waals surface area contributed by atoms with Gasteiger partial charge in [0.05, 0.1) is 13.1 Å². The Bertz CT molecular complexity index is 442. The number of rotatable bonds is 15. The summed E-state index contributed by atoms with van der Waals surface area (Å²) in [6, 6.07) is 0.387. The predicted molar refractivity (Wildman–Crippen MR) is 103 cm³/mol. The van der Waals surface area contributed by atoms with Crippen molar-refractivity contribution in [3.05, 3.63) is 18.7 Å². The number of hydrogen-bond donors (Lipinski definition) is 2. The Morgan fingerprint density at radius 2 is 1.84 bits per heavy atom. The molecule has 0 saturated carbocycles. The topological polar surface area (TPSA) is 58.5 Å². The molecule has 0 bridgehead atoms. The molecule has 25 heavy (non-hydrogen) atoms. The fourth-order valence-corrected chi connectivity index (χ4v) is 4.55. The largest absolute Gasteiger partial charge is 1.00 e. The van der Waals surface area contributed by atoms with Crippen LogP contribution in [0.25, 0.3) is 0 Å². The summed E-state index contributed by atoms with van der Waals surface area (Å²) in [6.07, 6.45) is 15.3. The molecule has 2 N–H and O–H groups in total. The van der Waals surface area contributed by atoms with Gasteiger partial charge in [-0.05, 0) is 25.0 Å². The van der Waals surface area contributed by atoms with E-state index in [1.165, 1.54) is 45.6 Å². The van der Waals surface area contributed by atoms with Gasteiger partial charge in [-0.1, -0.05) is 32.6 Å².